The van der Waals surface area contributed by atoms with Crippen LogP contribution in [0.2, 0.25) is 0 Å². The second-order valence-electron chi connectivity index (χ2n) is 6.22. The number of benzene rings is 1. The minimum absolute atomic E-state index is 0.176. The van der Waals surface area contributed by atoms with Crippen LogP contribution in [0.3, 0.4) is 0 Å². The molecule has 0 aliphatic heterocycles. The maximum absolute atomic E-state index is 12.2. The molecule has 0 atom stereocenters. The predicted molar refractivity (Wildman–Crippen MR) is 100 cm³/mol. The number of rotatable bonds is 8. The summed E-state index contributed by atoms with van der Waals surface area (Å²) in [4.78, 5) is 4.50. The third-order valence-electron chi connectivity index (χ3n) is 3.94. The average Bonchev–Trinajstić information content (AvgIpc) is 2.96. The highest BCUT2D eigenvalue weighted by atomic mass is 19.4. The van der Waals surface area contributed by atoms with Gasteiger partial charge < -0.3 is 19.9 Å². The molecular formula is C19H25F3N4O2. The van der Waals surface area contributed by atoms with Gasteiger partial charge in [0.2, 0.25) is 0 Å². The van der Waals surface area contributed by atoms with Crippen molar-refractivity contribution in [1.29, 1.82) is 0 Å². The Morgan fingerprint density at radius 2 is 1.89 bits per heavy atom. The number of alkyl halides is 3. The van der Waals surface area contributed by atoms with Gasteiger partial charge in [-0.25, -0.2) is 4.99 Å². The summed E-state index contributed by atoms with van der Waals surface area (Å²) >= 11 is 0. The predicted octanol–water partition coefficient (Wildman–Crippen LogP) is 3.53. The number of hydrogen-bond donors (Lipinski definition) is 2. The Bertz CT molecular complexity index is 751. The molecule has 0 saturated carbocycles. The van der Waals surface area contributed by atoms with Crippen molar-refractivity contribution in [3.63, 3.8) is 0 Å². The highest BCUT2D eigenvalue weighted by molar-refractivity contribution is 5.79. The van der Waals surface area contributed by atoms with Crippen molar-refractivity contribution in [1.82, 2.24) is 15.8 Å². The van der Waals surface area contributed by atoms with Crippen LogP contribution in [0.1, 0.15) is 29.5 Å². The molecule has 0 fully saturated rings. The fourth-order valence-corrected chi connectivity index (χ4v) is 2.53. The Labute approximate surface area is 162 Å². The van der Waals surface area contributed by atoms with E-state index in [1.807, 2.05) is 20.8 Å². The van der Waals surface area contributed by atoms with Gasteiger partial charge in [-0.3, -0.25) is 0 Å². The zero-order chi connectivity index (χ0) is 20.6. The van der Waals surface area contributed by atoms with Crippen LogP contribution in [0.4, 0.5) is 13.2 Å². The number of nitrogens with zero attached hydrogens (tertiary/aromatic N) is 2. The summed E-state index contributed by atoms with van der Waals surface area (Å²) in [5, 5.41) is 10.4. The highest BCUT2D eigenvalue weighted by Gasteiger charge is 2.28. The molecule has 1 heterocycles. The Morgan fingerprint density at radius 1 is 1.18 bits per heavy atom. The monoisotopic (exact) mass is 398 g/mol. The maximum atomic E-state index is 12.2. The summed E-state index contributed by atoms with van der Waals surface area (Å²) < 4.78 is 46.4. The number of hydrogen-bond acceptors (Lipinski definition) is 4. The molecule has 0 aliphatic rings. The van der Waals surface area contributed by atoms with Crippen LogP contribution in [-0.2, 0) is 13.0 Å². The summed E-state index contributed by atoms with van der Waals surface area (Å²) in [7, 11) is 0. The number of guanidine groups is 1. The zero-order valence-electron chi connectivity index (χ0n) is 16.2. The summed E-state index contributed by atoms with van der Waals surface area (Å²) in [6.07, 6.45) is -3.59. The van der Waals surface area contributed by atoms with E-state index in [4.69, 9.17) is 9.26 Å². The van der Waals surface area contributed by atoms with E-state index in [-0.39, 0.29) is 5.75 Å². The molecule has 0 radical (unpaired) electrons. The fraction of sp³-hybridized carbons (Fsp3) is 0.474. The number of aliphatic imine (C=N–C) groups is 1. The molecule has 154 valence electrons. The summed E-state index contributed by atoms with van der Waals surface area (Å²) in [5.41, 5.74) is 2.83. The SMILES string of the molecule is CCNC(=NCc1ccc(OCC(F)(F)F)cc1)NCCc1c(C)noc1C. The van der Waals surface area contributed by atoms with Gasteiger partial charge in [-0.2, -0.15) is 13.2 Å². The Hall–Kier alpha value is -2.71. The second kappa shape index (κ2) is 10.0. The molecule has 0 saturated heterocycles. The van der Waals surface area contributed by atoms with E-state index in [0.717, 1.165) is 29.0 Å². The van der Waals surface area contributed by atoms with Gasteiger partial charge in [0.05, 0.1) is 12.2 Å². The van der Waals surface area contributed by atoms with Gasteiger partial charge >= 0.3 is 6.18 Å². The van der Waals surface area contributed by atoms with Crippen molar-refractivity contribution in [2.75, 3.05) is 19.7 Å². The van der Waals surface area contributed by atoms with Crippen LogP contribution in [0, 0.1) is 13.8 Å². The lowest BCUT2D eigenvalue weighted by atomic mass is 10.1. The molecule has 9 heteroatoms. The zero-order valence-corrected chi connectivity index (χ0v) is 16.2. The molecule has 2 N–H and O–H groups in total. The quantitative estimate of drug-likeness (QED) is 0.526. The lowest BCUT2D eigenvalue weighted by molar-refractivity contribution is -0.153. The molecule has 28 heavy (non-hydrogen) atoms. The molecule has 1 aromatic carbocycles. The van der Waals surface area contributed by atoms with E-state index in [1.54, 1.807) is 12.1 Å². The van der Waals surface area contributed by atoms with Crippen molar-refractivity contribution in [2.45, 2.75) is 39.9 Å². The third-order valence-corrected chi connectivity index (χ3v) is 3.94. The van der Waals surface area contributed by atoms with Crippen molar-refractivity contribution >= 4 is 5.96 Å². The number of aromatic nitrogens is 1. The van der Waals surface area contributed by atoms with Crippen LogP contribution in [0.15, 0.2) is 33.8 Å². The first kappa shape index (κ1) is 21.6. The molecule has 2 rings (SSSR count). The standard InChI is InChI=1S/C19H25F3N4O2/c1-4-23-18(24-10-9-17-13(2)26-28-14(17)3)25-11-15-5-7-16(8-6-15)27-12-19(20,21)22/h5-8H,4,9-12H2,1-3H3,(H2,23,24,25). The second-order valence-corrected chi connectivity index (χ2v) is 6.22. The number of aryl methyl sites for hydroxylation is 2. The first-order valence-corrected chi connectivity index (χ1v) is 9.01. The van der Waals surface area contributed by atoms with Gasteiger partial charge in [-0.05, 0) is 44.9 Å². The first-order chi connectivity index (χ1) is 13.3. The van der Waals surface area contributed by atoms with Crippen LogP contribution in [-0.4, -0.2) is 37.0 Å². The van der Waals surface area contributed by atoms with E-state index in [0.29, 0.717) is 25.6 Å². The molecule has 0 amide bonds. The first-order valence-electron chi connectivity index (χ1n) is 9.01. The molecule has 0 aliphatic carbocycles. The number of ether oxygens (including phenoxy) is 1. The van der Waals surface area contributed by atoms with Gasteiger partial charge in [0.15, 0.2) is 12.6 Å². The Balaban J connectivity index is 1.87. The van der Waals surface area contributed by atoms with Crippen LogP contribution in [0.25, 0.3) is 0 Å². The Kier molecular flexibility index (Phi) is 7.71. The number of halogens is 3. The van der Waals surface area contributed by atoms with Gasteiger partial charge in [-0.1, -0.05) is 17.3 Å². The van der Waals surface area contributed by atoms with Crippen LogP contribution >= 0.6 is 0 Å². The molecule has 0 spiro atoms. The van der Waals surface area contributed by atoms with Crippen molar-refractivity contribution in [3.05, 3.63) is 46.8 Å². The van der Waals surface area contributed by atoms with E-state index < -0.39 is 12.8 Å². The topological polar surface area (TPSA) is 71.7 Å². The normalized spacial score (nSPS) is 12.1. The summed E-state index contributed by atoms with van der Waals surface area (Å²) in [6, 6.07) is 6.41. The average molecular weight is 398 g/mol. The van der Waals surface area contributed by atoms with Gasteiger partial charge in [0.1, 0.15) is 11.5 Å². The molecule has 0 unspecified atom stereocenters. The summed E-state index contributed by atoms with van der Waals surface area (Å²) in [5.74, 6) is 1.65. The van der Waals surface area contributed by atoms with Gasteiger partial charge in [0, 0.05) is 18.7 Å². The third kappa shape index (κ3) is 7.13. The van der Waals surface area contributed by atoms with Gasteiger partial charge in [0.25, 0.3) is 0 Å². The minimum atomic E-state index is -4.35. The smallest absolute Gasteiger partial charge is 0.422 e. The van der Waals surface area contributed by atoms with Crippen molar-refractivity contribution < 1.29 is 22.4 Å². The number of nitrogens with one attached hydrogen (secondary N) is 2. The fourth-order valence-electron chi connectivity index (χ4n) is 2.53. The lowest BCUT2D eigenvalue weighted by Gasteiger charge is -2.12. The van der Waals surface area contributed by atoms with E-state index in [2.05, 4.69) is 20.8 Å². The van der Waals surface area contributed by atoms with Crippen molar-refractivity contribution in [2.24, 2.45) is 4.99 Å². The summed E-state index contributed by atoms with van der Waals surface area (Å²) in [6.45, 7) is 6.23. The van der Waals surface area contributed by atoms with Crippen molar-refractivity contribution in [3.8, 4) is 5.75 Å². The minimum Gasteiger partial charge on any atom is -0.484 e. The Morgan fingerprint density at radius 3 is 2.46 bits per heavy atom. The molecular weight excluding hydrogens is 373 g/mol. The van der Waals surface area contributed by atoms with Crippen LogP contribution in [0.5, 0.6) is 5.75 Å². The molecule has 2 aromatic rings. The molecule has 1 aromatic heterocycles. The van der Waals surface area contributed by atoms with E-state index in [1.165, 1.54) is 12.1 Å². The van der Waals surface area contributed by atoms with Gasteiger partial charge in [-0.15, -0.1) is 0 Å². The lowest BCUT2D eigenvalue weighted by Crippen LogP contribution is -2.38. The maximum Gasteiger partial charge on any atom is 0.422 e. The largest absolute Gasteiger partial charge is 0.484 e. The highest BCUT2D eigenvalue weighted by Crippen LogP contribution is 2.19. The van der Waals surface area contributed by atoms with E-state index in [9.17, 15) is 13.2 Å². The molecule has 0 bridgehead atoms. The molecule has 6 nitrogen and oxygen atoms in total. The van der Waals surface area contributed by atoms with E-state index >= 15 is 0 Å². The van der Waals surface area contributed by atoms with Crippen LogP contribution < -0.4 is 15.4 Å².